The van der Waals surface area contributed by atoms with Crippen LogP contribution in [0.1, 0.15) is 30.9 Å². The number of H-pyrrole nitrogens is 1. The maximum absolute atomic E-state index is 5.40. The van der Waals surface area contributed by atoms with Crippen LogP contribution in [-0.4, -0.2) is 23.7 Å². The predicted octanol–water partition coefficient (Wildman–Crippen LogP) is 2.09. The lowest BCUT2D eigenvalue weighted by atomic mass is 10.1. The van der Waals surface area contributed by atoms with Gasteiger partial charge in [-0.3, -0.25) is 0 Å². The third-order valence-electron chi connectivity index (χ3n) is 2.93. The lowest BCUT2D eigenvalue weighted by molar-refractivity contribution is 0.0106. The first-order valence-electron chi connectivity index (χ1n) is 5.30. The number of hydrogen-bond donors (Lipinski definition) is 1. The van der Waals surface area contributed by atoms with Gasteiger partial charge in [-0.05, 0) is 13.8 Å². The Morgan fingerprint density at radius 1 is 1.50 bits per heavy atom. The Hall–Kier alpha value is -0.780. The maximum Gasteiger partial charge on any atom is 0.139 e. The number of methoxy groups -OCH3 is 1. The van der Waals surface area contributed by atoms with Crippen LogP contribution in [0.15, 0.2) is 0 Å². The van der Waals surface area contributed by atoms with Crippen molar-refractivity contribution in [2.45, 2.75) is 32.5 Å². The van der Waals surface area contributed by atoms with Crippen molar-refractivity contribution in [1.82, 2.24) is 9.97 Å². The summed E-state index contributed by atoms with van der Waals surface area (Å²) in [6.07, 6.45) is 0.855. The van der Waals surface area contributed by atoms with Crippen molar-refractivity contribution in [2.75, 3.05) is 13.7 Å². The van der Waals surface area contributed by atoms with Gasteiger partial charge in [-0.15, -0.1) is 0 Å². The molecule has 0 radical (unpaired) electrons. The topological polar surface area (TPSA) is 47.1 Å². The van der Waals surface area contributed by atoms with Gasteiger partial charge in [-0.25, -0.2) is 4.98 Å². The highest BCUT2D eigenvalue weighted by atomic mass is 32.1. The predicted molar refractivity (Wildman–Crippen MR) is 62.8 cm³/mol. The van der Waals surface area contributed by atoms with Crippen LogP contribution in [0.25, 0.3) is 0 Å². The van der Waals surface area contributed by atoms with Crippen molar-refractivity contribution in [3.8, 4) is 0 Å². The molecule has 4 nitrogen and oxygen atoms in total. The second-order valence-electron chi connectivity index (χ2n) is 4.36. The van der Waals surface area contributed by atoms with Crippen molar-refractivity contribution in [3.05, 3.63) is 21.7 Å². The minimum Gasteiger partial charge on any atom is -0.376 e. The highest BCUT2D eigenvalue weighted by Gasteiger charge is 2.24. The third-order valence-corrected chi connectivity index (χ3v) is 3.27. The van der Waals surface area contributed by atoms with Crippen molar-refractivity contribution in [1.29, 1.82) is 0 Å². The molecule has 2 heterocycles. The van der Waals surface area contributed by atoms with E-state index in [4.69, 9.17) is 21.7 Å². The molecule has 0 fully saturated rings. The lowest BCUT2D eigenvalue weighted by Crippen LogP contribution is -2.25. The fourth-order valence-electron chi connectivity index (χ4n) is 1.64. The van der Waals surface area contributed by atoms with Crippen LogP contribution in [0.2, 0.25) is 0 Å². The fraction of sp³-hybridized carbons (Fsp3) is 0.636. The van der Waals surface area contributed by atoms with E-state index in [0.717, 1.165) is 30.1 Å². The average Bonchev–Trinajstić information content (AvgIpc) is 2.29. The number of nitrogens with one attached hydrogen (secondary N) is 1. The van der Waals surface area contributed by atoms with Gasteiger partial charge in [0.2, 0.25) is 0 Å². The van der Waals surface area contributed by atoms with Crippen molar-refractivity contribution in [3.63, 3.8) is 0 Å². The normalized spacial score (nSPS) is 15.9. The molecule has 0 aliphatic carbocycles. The van der Waals surface area contributed by atoms with Gasteiger partial charge in [0, 0.05) is 24.8 Å². The maximum atomic E-state index is 5.40. The molecule has 1 N–H and O–H groups in total. The first-order chi connectivity index (χ1) is 7.54. The molecule has 2 rings (SSSR count). The number of hydrogen-bond acceptors (Lipinski definition) is 4. The summed E-state index contributed by atoms with van der Waals surface area (Å²) < 4.78 is 11.4. The van der Waals surface area contributed by atoms with Crippen molar-refractivity contribution < 1.29 is 9.47 Å². The number of nitrogens with zero attached hydrogens (tertiary/aromatic N) is 1. The lowest BCUT2D eigenvalue weighted by Gasteiger charge is -2.25. The zero-order valence-electron chi connectivity index (χ0n) is 9.79. The summed E-state index contributed by atoms with van der Waals surface area (Å²) in [6.45, 7) is 5.22. The Bertz CT molecular complexity index is 454. The zero-order valence-corrected chi connectivity index (χ0v) is 10.6. The largest absolute Gasteiger partial charge is 0.376 e. The van der Waals surface area contributed by atoms with E-state index in [1.54, 1.807) is 7.11 Å². The quantitative estimate of drug-likeness (QED) is 0.804. The summed E-state index contributed by atoms with van der Waals surface area (Å²) in [5, 5.41) is 0. The smallest absolute Gasteiger partial charge is 0.139 e. The molecular weight excluding hydrogens is 224 g/mol. The summed E-state index contributed by atoms with van der Waals surface area (Å²) >= 11 is 5.28. The summed E-state index contributed by atoms with van der Waals surface area (Å²) in [6, 6.07) is 0. The molecule has 1 aromatic rings. The number of rotatable bonds is 2. The minimum absolute atomic E-state index is 0.444. The molecule has 0 aromatic carbocycles. The molecule has 5 heteroatoms. The molecule has 0 atom stereocenters. The third kappa shape index (κ3) is 2.03. The molecule has 1 aromatic heterocycles. The van der Waals surface area contributed by atoms with Gasteiger partial charge in [0.1, 0.15) is 16.1 Å². The van der Waals surface area contributed by atoms with Crippen LogP contribution in [0, 0.1) is 4.64 Å². The van der Waals surface area contributed by atoms with Crippen LogP contribution >= 0.6 is 12.2 Å². The molecule has 0 amide bonds. The first kappa shape index (κ1) is 11.7. The van der Waals surface area contributed by atoms with Crippen LogP contribution < -0.4 is 0 Å². The van der Waals surface area contributed by atoms with Gasteiger partial charge in [0.05, 0.1) is 13.2 Å². The van der Waals surface area contributed by atoms with E-state index in [0.29, 0.717) is 11.2 Å². The molecule has 1 aliphatic rings. The number of aromatic nitrogens is 2. The van der Waals surface area contributed by atoms with E-state index < -0.39 is 5.60 Å². The van der Waals surface area contributed by atoms with Crippen LogP contribution in [-0.2, 0) is 28.1 Å². The van der Waals surface area contributed by atoms with Gasteiger partial charge in [-0.2, -0.15) is 0 Å². The van der Waals surface area contributed by atoms with E-state index in [2.05, 4.69) is 9.97 Å². The monoisotopic (exact) mass is 240 g/mol. The Kier molecular flexibility index (Phi) is 3.10. The van der Waals surface area contributed by atoms with E-state index in [9.17, 15) is 0 Å². The van der Waals surface area contributed by atoms with Gasteiger partial charge in [0.25, 0.3) is 0 Å². The summed E-state index contributed by atoms with van der Waals surface area (Å²) in [7, 11) is 1.67. The molecule has 0 bridgehead atoms. The molecular formula is C11H16N2O2S. The van der Waals surface area contributed by atoms with Gasteiger partial charge in [-0.1, -0.05) is 12.2 Å². The van der Waals surface area contributed by atoms with Gasteiger partial charge in [0.15, 0.2) is 0 Å². The van der Waals surface area contributed by atoms with E-state index in [1.807, 2.05) is 13.8 Å². The number of aromatic amines is 1. The molecule has 0 spiro atoms. The SMILES string of the molecule is COC(C)(C)c1nc(=S)c2c([nH]1)CCOC2. The van der Waals surface area contributed by atoms with E-state index in [1.165, 1.54) is 0 Å². The van der Waals surface area contributed by atoms with Crippen LogP contribution in [0.3, 0.4) is 0 Å². The van der Waals surface area contributed by atoms with Crippen LogP contribution in [0.5, 0.6) is 0 Å². The minimum atomic E-state index is -0.444. The van der Waals surface area contributed by atoms with E-state index >= 15 is 0 Å². The summed E-state index contributed by atoms with van der Waals surface area (Å²) in [5.41, 5.74) is 1.70. The van der Waals surface area contributed by atoms with E-state index in [-0.39, 0.29) is 0 Å². The Morgan fingerprint density at radius 3 is 2.94 bits per heavy atom. The molecule has 0 unspecified atom stereocenters. The second kappa shape index (κ2) is 4.24. The summed E-state index contributed by atoms with van der Waals surface area (Å²) in [4.78, 5) is 7.70. The second-order valence-corrected chi connectivity index (χ2v) is 4.75. The molecule has 0 saturated heterocycles. The highest BCUT2D eigenvalue weighted by Crippen LogP contribution is 2.23. The molecule has 16 heavy (non-hydrogen) atoms. The Labute approximate surface area is 100 Å². The van der Waals surface area contributed by atoms with Crippen LogP contribution in [0.4, 0.5) is 0 Å². The standard InChI is InChI=1S/C11H16N2O2S/c1-11(2,14-3)10-12-8-4-5-15-6-7(8)9(16)13-10/h4-6H2,1-3H3,(H,12,13,16). The van der Waals surface area contributed by atoms with Gasteiger partial charge >= 0.3 is 0 Å². The van der Waals surface area contributed by atoms with Crippen molar-refractivity contribution in [2.24, 2.45) is 0 Å². The molecule has 88 valence electrons. The Morgan fingerprint density at radius 2 is 2.25 bits per heavy atom. The van der Waals surface area contributed by atoms with Gasteiger partial charge < -0.3 is 14.5 Å². The number of ether oxygens (including phenoxy) is 2. The zero-order chi connectivity index (χ0) is 11.8. The first-order valence-corrected chi connectivity index (χ1v) is 5.71. The number of fused-ring (bicyclic) bond motifs is 1. The fourth-order valence-corrected chi connectivity index (χ4v) is 1.91. The molecule has 1 aliphatic heterocycles. The molecule has 0 saturated carbocycles. The average molecular weight is 240 g/mol. The summed E-state index contributed by atoms with van der Waals surface area (Å²) in [5.74, 6) is 0.778. The highest BCUT2D eigenvalue weighted by molar-refractivity contribution is 7.71. The van der Waals surface area contributed by atoms with Crippen molar-refractivity contribution >= 4 is 12.2 Å². The Balaban J connectivity index is 2.51.